The Labute approximate surface area is 180 Å². The SMILES string of the molecule is O=c1c2ccccc2nc(-c2ccccc2)n1N=Cc1ccc(N2CCCCCC2)o1. The summed E-state index contributed by atoms with van der Waals surface area (Å²) in [6.45, 7) is 2.02. The molecule has 1 fully saturated rings. The fourth-order valence-electron chi connectivity index (χ4n) is 3.99. The Bertz CT molecular complexity index is 1270. The summed E-state index contributed by atoms with van der Waals surface area (Å²) in [5, 5.41) is 5.02. The van der Waals surface area contributed by atoms with Crippen molar-refractivity contribution in [3.8, 4) is 11.4 Å². The van der Waals surface area contributed by atoms with Crippen LogP contribution in [0.4, 0.5) is 5.88 Å². The highest BCUT2D eigenvalue weighted by Crippen LogP contribution is 2.22. The molecular formula is C25H24N4O2. The van der Waals surface area contributed by atoms with E-state index >= 15 is 0 Å². The second kappa shape index (κ2) is 8.60. The molecule has 0 spiro atoms. The molecule has 0 amide bonds. The van der Waals surface area contributed by atoms with Crippen LogP contribution in [0.5, 0.6) is 0 Å². The molecule has 1 aliphatic heterocycles. The van der Waals surface area contributed by atoms with Crippen LogP contribution >= 0.6 is 0 Å². The number of aromatic nitrogens is 2. The molecule has 0 unspecified atom stereocenters. The quantitative estimate of drug-likeness (QED) is 0.446. The second-order valence-corrected chi connectivity index (χ2v) is 7.76. The van der Waals surface area contributed by atoms with E-state index in [9.17, 15) is 4.79 Å². The fourth-order valence-corrected chi connectivity index (χ4v) is 3.99. The van der Waals surface area contributed by atoms with E-state index in [1.807, 2.05) is 60.7 Å². The number of fused-ring (bicyclic) bond motifs is 1. The number of benzene rings is 2. The maximum atomic E-state index is 13.2. The van der Waals surface area contributed by atoms with Gasteiger partial charge in [-0.2, -0.15) is 9.78 Å². The van der Waals surface area contributed by atoms with E-state index in [0.29, 0.717) is 22.5 Å². The van der Waals surface area contributed by atoms with Crippen LogP contribution in [0.15, 0.2) is 81.0 Å². The van der Waals surface area contributed by atoms with Crippen LogP contribution in [0, 0.1) is 0 Å². The van der Waals surface area contributed by atoms with Gasteiger partial charge in [-0.15, -0.1) is 0 Å². The van der Waals surface area contributed by atoms with Crippen molar-refractivity contribution in [1.82, 2.24) is 9.66 Å². The maximum absolute atomic E-state index is 13.2. The molecule has 6 nitrogen and oxygen atoms in total. The van der Waals surface area contributed by atoms with Crippen LogP contribution in [0.25, 0.3) is 22.3 Å². The Morgan fingerprint density at radius 2 is 1.61 bits per heavy atom. The molecular weight excluding hydrogens is 388 g/mol. The van der Waals surface area contributed by atoms with Crippen molar-refractivity contribution in [2.24, 2.45) is 5.10 Å². The molecule has 6 heteroatoms. The predicted molar refractivity (Wildman–Crippen MR) is 124 cm³/mol. The van der Waals surface area contributed by atoms with Crippen molar-refractivity contribution in [3.63, 3.8) is 0 Å². The molecule has 0 atom stereocenters. The first-order valence-corrected chi connectivity index (χ1v) is 10.8. The first-order valence-electron chi connectivity index (χ1n) is 10.8. The molecule has 0 N–H and O–H groups in total. The number of hydrogen-bond acceptors (Lipinski definition) is 5. The number of furan rings is 1. The summed E-state index contributed by atoms with van der Waals surface area (Å²) < 4.78 is 7.37. The summed E-state index contributed by atoms with van der Waals surface area (Å²) in [4.78, 5) is 20.2. The Morgan fingerprint density at radius 1 is 0.871 bits per heavy atom. The van der Waals surface area contributed by atoms with Gasteiger partial charge in [-0.05, 0) is 31.0 Å². The topological polar surface area (TPSA) is 63.6 Å². The van der Waals surface area contributed by atoms with Crippen LogP contribution in [-0.2, 0) is 0 Å². The number of anilines is 1. The maximum Gasteiger partial charge on any atom is 0.282 e. The van der Waals surface area contributed by atoms with Gasteiger partial charge in [-0.1, -0.05) is 55.3 Å². The van der Waals surface area contributed by atoms with Crippen LogP contribution in [-0.4, -0.2) is 29.0 Å². The van der Waals surface area contributed by atoms with Crippen molar-refractivity contribution < 1.29 is 4.42 Å². The van der Waals surface area contributed by atoms with E-state index in [4.69, 9.17) is 9.40 Å². The van der Waals surface area contributed by atoms with Gasteiger partial charge in [0.2, 0.25) is 0 Å². The zero-order chi connectivity index (χ0) is 21.0. The molecule has 0 bridgehead atoms. The van der Waals surface area contributed by atoms with Crippen molar-refractivity contribution >= 4 is 23.0 Å². The van der Waals surface area contributed by atoms with Gasteiger partial charge in [0.25, 0.3) is 5.56 Å². The van der Waals surface area contributed by atoms with E-state index in [1.165, 1.54) is 30.4 Å². The van der Waals surface area contributed by atoms with Gasteiger partial charge in [0.15, 0.2) is 11.7 Å². The largest absolute Gasteiger partial charge is 0.440 e. The normalized spacial score (nSPS) is 14.9. The Hall–Kier alpha value is -3.67. The van der Waals surface area contributed by atoms with Crippen LogP contribution in [0.3, 0.4) is 0 Å². The summed E-state index contributed by atoms with van der Waals surface area (Å²) in [5.41, 5.74) is 1.27. The van der Waals surface area contributed by atoms with Gasteiger partial charge < -0.3 is 9.32 Å². The minimum absolute atomic E-state index is 0.208. The van der Waals surface area contributed by atoms with Gasteiger partial charge in [0, 0.05) is 24.7 Å². The molecule has 0 radical (unpaired) electrons. The summed E-state index contributed by atoms with van der Waals surface area (Å²) in [6, 6.07) is 20.8. The molecule has 0 saturated carbocycles. The molecule has 1 aliphatic rings. The predicted octanol–water partition coefficient (Wildman–Crippen LogP) is 4.92. The fraction of sp³-hybridized carbons (Fsp3) is 0.240. The molecule has 5 rings (SSSR count). The summed E-state index contributed by atoms with van der Waals surface area (Å²) in [5.74, 6) is 1.97. The lowest BCUT2D eigenvalue weighted by atomic mass is 10.2. The van der Waals surface area contributed by atoms with Crippen LogP contribution < -0.4 is 10.5 Å². The number of hydrogen-bond donors (Lipinski definition) is 0. The Balaban J connectivity index is 1.53. The lowest BCUT2D eigenvalue weighted by Gasteiger charge is -2.18. The molecule has 156 valence electrons. The lowest BCUT2D eigenvalue weighted by Crippen LogP contribution is -2.23. The van der Waals surface area contributed by atoms with Gasteiger partial charge in [-0.25, -0.2) is 4.98 Å². The van der Waals surface area contributed by atoms with Crippen molar-refractivity contribution in [3.05, 3.63) is 82.8 Å². The average molecular weight is 412 g/mol. The first-order chi connectivity index (χ1) is 15.3. The van der Waals surface area contributed by atoms with Crippen molar-refractivity contribution in [2.75, 3.05) is 18.0 Å². The van der Waals surface area contributed by atoms with Gasteiger partial charge >= 0.3 is 0 Å². The average Bonchev–Trinajstić information content (AvgIpc) is 3.12. The highest BCUT2D eigenvalue weighted by Gasteiger charge is 2.14. The highest BCUT2D eigenvalue weighted by molar-refractivity contribution is 5.81. The molecule has 31 heavy (non-hydrogen) atoms. The summed E-state index contributed by atoms with van der Waals surface area (Å²) in [6.07, 6.45) is 6.49. The van der Waals surface area contributed by atoms with E-state index in [1.54, 1.807) is 12.3 Å². The third-order valence-corrected chi connectivity index (χ3v) is 5.62. The molecule has 3 heterocycles. The van der Waals surface area contributed by atoms with E-state index in [0.717, 1.165) is 24.5 Å². The van der Waals surface area contributed by atoms with Gasteiger partial charge in [0.1, 0.15) is 5.76 Å². The first kappa shape index (κ1) is 19.3. The lowest BCUT2D eigenvalue weighted by molar-refractivity contribution is 0.538. The van der Waals surface area contributed by atoms with Crippen LogP contribution in [0.1, 0.15) is 31.4 Å². The highest BCUT2D eigenvalue weighted by atomic mass is 16.4. The van der Waals surface area contributed by atoms with Crippen molar-refractivity contribution in [1.29, 1.82) is 0 Å². The monoisotopic (exact) mass is 412 g/mol. The Morgan fingerprint density at radius 3 is 2.42 bits per heavy atom. The molecule has 2 aromatic carbocycles. The summed E-state index contributed by atoms with van der Waals surface area (Å²) in [7, 11) is 0. The third-order valence-electron chi connectivity index (χ3n) is 5.62. The van der Waals surface area contributed by atoms with Crippen molar-refractivity contribution in [2.45, 2.75) is 25.7 Å². The zero-order valence-electron chi connectivity index (χ0n) is 17.3. The summed E-state index contributed by atoms with van der Waals surface area (Å²) >= 11 is 0. The number of para-hydroxylation sites is 1. The minimum Gasteiger partial charge on any atom is -0.440 e. The molecule has 4 aromatic rings. The van der Waals surface area contributed by atoms with E-state index in [2.05, 4.69) is 10.0 Å². The molecule has 2 aromatic heterocycles. The van der Waals surface area contributed by atoms with E-state index < -0.39 is 0 Å². The Kier molecular flexibility index (Phi) is 5.35. The van der Waals surface area contributed by atoms with Gasteiger partial charge in [0.05, 0.1) is 17.1 Å². The smallest absolute Gasteiger partial charge is 0.282 e. The zero-order valence-corrected chi connectivity index (χ0v) is 17.3. The molecule has 1 saturated heterocycles. The van der Waals surface area contributed by atoms with E-state index in [-0.39, 0.29) is 5.56 Å². The molecule has 0 aliphatic carbocycles. The minimum atomic E-state index is -0.208. The number of nitrogens with zero attached hydrogens (tertiary/aromatic N) is 4. The van der Waals surface area contributed by atoms with Crippen LogP contribution in [0.2, 0.25) is 0 Å². The second-order valence-electron chi connectivity index (χ2n) is 7.76. The third kappa shape index (κ3) is 4.01. The standard InChI is InChI=1S/C25H24N4O2/c30-25-21-12-6-7-13-22(21)27-24(19-10-4-3-5-11-19)29(25)26-18-20-14-15-23(31-20)28-16-8-1-2-9-17-28/h3-7,10-15,18H,1-2,8-9,16-17H2. The van der Waals surface area contributed by atoms with Gasteiger partial charge in [-0.3, -0.25) is 4.79 Å². The number of rotatable bonds is 4.